The lowest BCUT2D eigenvalue weighted by molar-refractivity contribution is 0.00508. The standard InChI is InChI=1S/C18H16O4/c1-13-9-18(19)22-17-10-15(7-8-16(13)17)21-12-20-11-14-5-3-2-4-6-14/h2-10H,11-12H2,1H3. The lowest BCUT2D eigenvalue weighted by atomic mass is 10.1. The maximum absolute atomic E-state index is 11.4. The van der Waals surface area contributed by atoms with Gasteiger partial charge in [-0.1, -0.05) is 30.3 Å². The van der Waals surface area contributed by atoms with E-state index in [0.717, 1.165) is 16.5 Å². The lowest BCUT2D eigenvalue weighted by Crippen LogP contribution is -2.03. The van der Waals surface area contributed by atoms with E-state index < -0.39 is 0 Å². The molecule has 3 aromatic rings. The van der Waals surface area contributed by atoms with Crippen LogP contribution in [0.4, 0.5) is 0 Å². The molecule has 112 valence electrons. The SMILES string of the molecule is Cc1cc(=O)oc2cc(OCOCc3ccccc3)ccc12. The van der Waals surface area contributed by atoms with Crippen molar-refractivity contribution < 1.29 is 13.9 Å². The van der Waals surface area contributed by atoms with Crippen molar-refractivity contribution in [3.8, 4) is 5.75 Å². The van der Waals surface area contributed by atoms with E-state index in [0.29, 0.717) is 17.9 Å². The fourth-order valence-electron chi connectivity index (χ4n) is 2.24. The van der Waals surface area contributed by atoms with E-state index in [2.05, 4.69) is 0 Å². The van der Waals surface area contributed by atoms with Gasteiger partial charge in [-0.05, 0) is 30.2 Å². The molecule has 0 radical (unpaired) electrons. The minimum atomic E-state index is -0.359. The summed E-state index contributed by atoms with van der Waals surface area (Å²) in [4.78, 5) is 11.4. The molecule has 0 amide bonds. The lowest BCUT2D eigenvalue weighted by Gasteiger charge is -2.08. The van der Waals surface area contributed by atoms with E-state index in [9.17, 15) is 4.79 Å². The van der Waals surface area contributed by atoms with Crippen molar-refractivity contribution in [1.82, 2.24) is 0 Å². The van der Waals surface area contributed by atoms with Crippen LogP contribution in [0.3, 0.4) is 0 Å². The second-order valence-corrected chi connectivity index (χ2v) is 5.00. The first kappa shape index (κ1) is 14.4. The molecule has 0 aliphatic carbocycles. The highest BCUT2D eigenvalue weighted by atomic mass is 16.7. The van der Waals surface area contributed by atoms with Gasteiger partial charge >= 0.3 is 5.63 Å². The molecule has 2 aromatic carbocycles. The molecule has 4 nitrogen and oxygen atoms in total. The highest BCUT2D eigenvalue weighted by Crippen LogP contribution is 2.22. The van der Waals surface area contributed by atoms with Crippen molar-refractivity contribution in [2.75, 3.05) is 6.79 Å². The third kappa shape index (κ3) is 3.35. The normalized spacial score (nSPS) is 10.8. The smallest absolute Gasteiger partial charge is 0.336 e. The number of ether oxygens (including phenoxy) is 2. The van der Waals surface area contributed by atoms with Gasteiger partial charge in [-0.25, -0.2) is 4.79 Å². The Bertz CT molecular complexity index is 821. The molecule has 0 saturated carbocycles. The molecule has 1 aromatic heterocycles. The van der Waals surface area contributed by atoms with Crippen LogP contribution in [0.1, 0.15) is 11.1 Å². The van der Waals surface area contributed by atoms with Crippen LogP contribution in [0.15, 0.2) is 63.8 Å². The summed E-state index contributed by atoms with van der Waals surface area (Å²) in [7, 11) is 0. The highest BCUT2D eigenvalue weighted by Gasteiger charge is 2.04. The summed E-state index contributed by atoms with van der Waals surface area (Å²) in [6.45, 7) is 2.50. The summed E-state index contributed by atoms with van der Waals surface area (Å²) in [6, 6.07) is 16.8. The van der Waals surface area contributed by atoms with Gasteiger partial charge in [-0.3, -0.25) is 0 Å². The molecule has 22 heavy (non-hydrogen) atoms. The molecule has 0 aliphatic rings. The Labute approximate surface area is 127 Å². The van der Waals surface area contributed by atoms with Crippen LogP contribution in [-0.2, 0) is 11.3 Å². The summed E-state index contributed by atoms with van der Waals surface area (Å²) in [5.74, 6) is 0.606. The van der Waals surface area contributed by atoms with Crippen LogP contribution in [0.2, 0.25) is 0 Å². The zero-order chi connectivity index (χ0) is 15.4. The molecule has 0 spiro atoms. The van der Waals surface area contributed by atoms with E-state index in [1.807, 2.05) is 49.4 Å². The van der Waals surface area contributed by atoms with Gasteiger partial charge in [0, 0.05) is 17.5 Å². The van der Waals surface area contributed by atoms with Crippen molar-refractivity contribution in [2.45, 2.75) is 13.5 Å². The number of benzene rings is 2. The van der Waals surface area contributed by atoms with E-state index in [1.165, 1.54) is 6.07 Å². The Morgan fingerprint density at radius 1 is 1.05 bits per heavy atom. The van der Waals surface area contributed by atoms with Gasteiger partial charge in [0.05, 0.1) is 6.61 Å². The fraction of sp³-hybridized carbons (Fsp3) is 0.167. The predicted octanol–water partition coefficient (Wildman–Crippen LogP) is 3.65. The third-order valence-corrected chi connectivity index (χ3v) is 3.34. The molecular weight excluding hydrogens is 280 g/mol. The summed E-state index contributed by atoms with van der Waals surface area (Å²) in [5, 5.41) is 0.900. The molecule has 0 aliphatic heterocycles. The van der Waals surface area contributed by atoms with E-state index in [1.54, 1.807) is 6.07 Å². The molecular formula is C18H16O4. The Morgan fingerprint density at radius 3 is 2.68 bits per heavy atom. The van der Waals surface area contributed by atoms with Gasteiger partial charge in [-0.15, -0.1) is 0 Å². The Balaban J connectivity index is 1.63. The second kappa shape index (κ2) is 6.45. The maximum atomic E-state index is 11.4. The van der Waals surface area contributed by atoms with Crippen molar-refractivity contribution >= 4 is 11.0 Å². The van der Waals surface area contributed by atoms with E-state index >= 15 is 0 Å². The van der Waals surface area contributed by atoms with Crippen molar-refractivity contribution in [3.63, 3.8) is 0 Å². The first-order chi connectivity index (χ1) is 10.7. The molecule has 1 heterocycles. The maximum Gasteiger partial charge on any atom is 0.336 e. The minimum Gasteiger partial charge on any atom is -0.467 e. The first-order valence-electron chi connectivity index (χ1n) is 7.01. The van der Waals surface area contributed by atoms with Gasteiger partial charge in [-0.2, -0.15) is 0 Å². The van der Waals surface area contributed by atoms with Crippen molar-refractivity contribution in [3.05, 3.63) is 76.1 Å². The van der Waals surface area contributed by atoms with Crippen LogP contribution in [-0.4, -0.2) is 6.79 Å². The zero-order valence-corrected chi connectivity index (χ0v) is 12.2. The van der Waals surface area contributed by atoms with Crippen LogP contribution < -0.4 is 10.4 Å². The first-order valence-corrected chi connectivity index (χ1v) is 7.01. The van der Waals surface area contributed by atoms with Gasteiger partial charge in [0.25, 0.3) is 0 Å². The molecule has 0 bridgehead atoms. The van der Waals surface area contributed by atoms with Crippen molar-refractivity contribution in [2.24, 2.45) is 0 Å². The van der Waals surface area contributed by atoms with Crippen molar-refractivity contribution in [1.29, 1.82) is 0 Å². The van der Waals surface area contributed by atoms with Gasteiger partial charge < -0.3 is 13.9 Å². The molecule has 0 saturated heterocycles. The topological polar surface area (TPSA) is 48.7 Å². The average molecular weight is 296 g/mol. The number of aryl methyl sites for hydroxylation is 1. The molecule has 0 N–H and O–H groups in total. The van der Waals surface area contributed by atoms with Crippen LogP contribution in [0.25, 0.3) is 11.0 Å². The monoisotopic (exact) mass is 296 g/mol. The summed E-state index contributed by atoms with van der Waals surface area (Å²) >= 11 is 0. The average Bonchev–Trinajstić information content (AvgIpc) is 2.52. The molecule has 3 rings (SSSR count). The minimum absolute atomic E-state index is 0.135. The van der Waals surface area contributed by atoms with Gasteiger partial charge in [0.1, 0.15) is 11.3 Å². The van der Waals surface area contributed by atoms with Gasteiger partial charge in [0.15, 0.2) is 6.79 Å². The summed E-state index contributed by atoms with van der Waals surface area (Å²) in [6.07, 6.45) is 0. The molecule has 0 atom stereocenters. The Morgan fingerprint density at radius 2 is 1.86 bits per heavy atom. The Kier molecular flexibility index (Phi) is 4.21. The fourth-order valence-corrected chi connectivity index (χ4v) is 2.24. The summed E-state index contributed by atoms with van der Waals surface area (Å²) in [5.41, 5.74) is 2.14. The second-order valence-electron chi connectivity index (χ2n) is 5.00. The van der Waals surface area contributed by atoms with Crippen LogP contribution >= 0.6 is 0 Å². The van der Waals surface area contributed by atoms with Gasteiger partial charge in [0.2, 0.25) is 0 Å². The predicted molar refractivity (Wildman–Crippen MR) is 83.9 cm³/mol. The Hall–Kier alpha value is -2.59. The number of hydrogen-bond donors (Lipinski definition) is 0. The number of fused-ring (bicyclic) bond motifs is 1. The largest absolute Gasteiger partial charge is 0.467 e. The number of hydrogen-bond acceptors (Lipinski definition) is 4. The van der Waals surface area contributed by atoms with E-state index in [-0.39, 0.29) is 12.4 Å². The quantitative estimate of drug-likeness (QED) is 0.409. The zero-order valence-electron chi connectivity index (χ0n) is 12.2. The van der Waals surface area contributed by atoms with E-state index in [4.69, 9.17) is 13.9 Å². The third-order valence-electron chi connectivity index (χ3n) is 3.34. The molecule has 0 unspecified atom stereocenters. The highest BCUT2D eigenvalue weighted by molar-refractivity contribution is 5.81. The molecule has 0 fully saturated rings. The number of rotatable bonds is 5. The van der Waals surface area contributed by atoms with Crippen LogP contribution in [0, 0.1) is 6.92 Å². The summed E-state index contributed by atoms with van der Waals surface area (Å²) < 4.78 is 16.2. The molecule has 4 heteroatoms. The van der Waals surface area contributed by atoms with Crippen LogP contribution in [0.5, 0.6) is 5.75 Å².